The number of hydrogen-bond donors (Lipinski definition) is 0. The van der Waals surface area contributed by atoms with E-state index in [0.717, 1.165) is 5.56 Å². The number of aryl methyl sites for hydroxylation is 1. The molecule has 0 radical (unpaired) electrons. The summed E-state index contributed by atoms with van der Waals surface area (Å²) >= 11 is 5.87. The maximum absolute atomic E-state index is 11.7. The number of rotatable bonds is 1. The molecule has 1 heterocycles. The van der Waals surface area contributed by atoms with Crippen molar-refractivity contribution in [2.24, 2.45) is 0 Å². The van der Waals surface area contributed by atoms with Crippen LogP contribution in [0.4, 0.5) is 5.69 Å². The minimum atomic E-state index is -3.10. The molecule has 1 saturated heterocycles. The van der Waals surface area contributed by atoms with E-state index in [1.165, 1.54) is 4.31 Å². The van der Waals surface area contributed by atoms with Crippen LogP contribution in [0.5, 0.6) is 0 Å². The lowest BCUT2D eigenvalue weighted by Crippen LogP contribution is -2.25. The van der Waals surface area contributed by atoms with Crippen molar-refractivity contribution >= 4 is 27.3 Å². The highest BCUT2D eigenvalue weighted by atomic mass is 35.5. The molecule has 0 aliphatic carbocycles. The van der Waals surface area contributed by atoms with Crippen LogP contribution < -0.4 is 4.31 Å². The highest BCUT2D eigenvalue weighted by Crippen LogP contribution is 2.29. The Morgan fingerprint density at radius 3 is 2.73 bits per heavy atom. The van der Waals surface area contributed by atoms with E-state index in [-0.39, 0.29) is 5.75 Å². The zero-order valence-corrected chi connectivity index (χ0v) is 9.98. The van der Waals surface area contributed by atoms with Gasteiger partial charge in [0.1, 0.15) is 0 Å². The van der Waals surface area contributed by atoms with E-state index in [4.69, 9.17) is 11.6 Å². The first-order chi connectivity index (χ1) is 7.00. The molecule has 0 aromatic heterocycles. The van der Waals surface area contributed by atoms with Crippen LogP contribution in [-0.2, 0) is 10.0 Å². The van der Waals surface area contributed by atoms with Gasteiger partial charge in [-0.2, -0.15) is 0 Å². The Hall–Kier alpha value is -0.740. The molecule has 0 unspecified atom stereocenters. The van der Waals surface area contributed by atoms with E-state index in [0.29, 0.717) is 23.7 Å². The van der Waals surface area contributed by atoms with Gasteiger partial charge >= 0.3 is 0 Å². The molecule has 1 aromatic rings. The fourth-order valence-corrected chi connectivity index (χ4v) is 3.55. The molecule has 82 valence electrons. The van der Waals surface area contributed by atoms with Crippen LogP contribution in [0.25, 0.3) is 0 Å². The Bertz CT molecular complexity index is 484. The van der Waals surface area contributed by atoms with Crippen molar-refractivity contribution in [1.29, 1.82) is 0 Å². The number of nitrogens with zero attached hydrogens (tertiary/aromatic N) is 1. The van der Waals surface area contributed by atoms with Gasteiger partial charge in [0.25, 0.3) is 0 Å². The summed E-state index contributed by atoms with van der Waals surface area (Å²) < 4.78 is 24.9. The molecule has 2 rings (SSSR count). The highest BCUT2D eigenvalue weighted by molar-refractivity contribution is 7.93. The summed E-state index contributed by atoms with van der Waals surface area (Å²) in [4.78, 5) is 0. The molecular weight excluding hydrogens is 234 g/mol. The number of sulfonamides is 1. The third kappa shape index (κ3) is 1.96. The summed E-state index contributed by atoms with van der Waals surface area (Å²) in [5.41, 5.74) is 1.64. The van der Waals surface area contributed by atoms with Gasteiger partial charge in [-0.25, -0.2) is 8.42 Å². The molecule has 0 atom stereocenters. The minimum absolute atomic E-state index is 0.235. The molecule has 3 nitrogen and oxygen atoms in total. The second-order valence-corrected chi connectivity index (χ2v) is 6.12. The second kappa shape index (κ2) is 3.68. The lowest BCUT2D eigenvalue weighted by atomic mass is 10.2. The fourth-order valence-electron chi connectivity index (χ4n) is 1.76. The van der Waals surface area contributed by atoms with E-state index in [1.807, 2.05) is 13.0 Å². The van der Waals surface area contributed by atoms with Crippen LogP contribution >= 0.6 is 11.6 Å². The quantitative estimate of drug-likeness (QED) is 0.761. The first-order valence-electron chi connectivity index (χ1n) is 4.77. The van der Waals surface area contributed by atoms with Crippen molar-refractivity contribution in [2.75, 3.05) is 16.6 Å². The monoisotopic (exact) mass is 245 g/mol. The largest absolute Gasteiger partial charge is 0.270 e. The average molecular weight is 246 g/mol. The van der Waals surface area contributed by atoms with E-state index in [1.54, 1.807) is 12.1 Å². The summed E-state index contributed by atoms with van der Waals surface area (Å²) in [5, 5.41) is 0.567. The Morgan fingerprint density at radius 1 is 1.40 bits per heavy atom. The molecule has 0 bridgehead atoms. The predicted molar refractivity (Wildman–Crippen MR) is 61.9 cm³/mol. The maximum Gasteiger partial charge on any atom is 0.235 e. The topological polar surface area (TPSA) is 37.4 Å². The van der Waals surface area contributed by atoms with Crippen LogP contribution in [0.2, 0.25) is 5.02 Å². The van der Waals surface area contributed by atoms with E-state index >= 15 is 0 Å². The third-order valence-corrected chi connectivity index (χ3v) is 4.63. The molecule has 15 heavy (non-hydrogen) atoms. The van der Waals surface area contributed by atoms with Gasteiger partial charge in [-0.3, -0.25) is 4.31 Å². The van der Waals surface area contributed by atoms with Crippen molar-refractivity contribution in [2.45, 2.75) is 13.3 Å². The fraction of sp³-hybridized carbons (Fsp3) is 0.400. The standard InChI is InChI=1S/C10H12ClNO2S/c1-8-3-4-9(11)7-10(8)12-5-2-6-15(12,13)14/h3-4,7H,2,5-6H2,1H3. The number of anilines is 1. The van der Waals surface area contributed by atoms with Crippen LogP contribution in [0.1, 0.15) is 12.0 Å². The van der Waals surface area contributed by atoms with E-state index in [2.05, 4.69) is 0 Å². The van der Waals surface area contributed by atoms with Crippen LogP contribution in [0, 0.1) is 6.92 Å². The first kappa shape index (κ1) is 10.8. The third-order valence-electron chi connectivity index (χ3n) is 2.54. The molecule has 5 heteroatoms. The molecule has 0 saturated carbocycles. The lowest BCUT2D eigenvalue weighted by molar-refractivity contribution is 0.599. The SMILES string of the molecule is Cc1ccc(Cl)cc1N1CCCS1(=O)=O. The summed E-state index contributed by atoms with van der Waals surface area (Å²) in [6.07, 6.45) is 0.689. The lowest BCUT2D eigenvalue weighted by Gasteiger charge is -2.19. The number of halogens is 1. The Labute approximate surface area is 94.7 Å². The predicted octanol–water partition coefficient (Wildman–Crippen LogP) is 2.19. The Kier molecular flexibility index (Phi) is 2.64. The van der Waals surface area contributed by atoms with Crippen molar-refractivity contribution in [3.63, 3.8) is 0 Å². The molecule has 1 fully saturated rings. The molecule has 1 aliphatic rings. The van der Waals surface area contributed by atoms with Gasteiger partial charge in [0.2, 0.25) is 10.0 Å². The van der Waals surface area contributed by atoms with Crippen molar-refractivity contribution in [3.05, 3.63) is 28.8 Å². The number of benzene rings is 1. The van der Waals surface area contributed by atoms with Gasteiger partial charge in [0.15, 0.2) is 0 Å². The average Bonchev–Trinajstić information content (AvgIpc) is 2.50. The molecule has 0 N–H and O–H groups in total. The highest BCUT2D eigenvalue weighted by Gasteiger charge is 2.29. The van der Waals surface area contributed by atoms with Crippen molar-refractivity contribution < 1.29 is 8.42 Å². The van der Waals surface area contributed by atoms with Gasteiger partial charge in [-0.15, -0.1) is 0 Å². The van der Waals surface area contributed by atoms with Gasteiger partial charge < -0.3 is 0 Å². The van der Waals surface area contributed by atoms with Gasteiger partial charge in [0, 0.05) is 11.6 Å². The summed E-state index contributed by atoms with van der Waals surface area (Å²) in [5.74, 6) is 0.235. The van der Waals surface area contributed by atoms with Crippen LogP contribution in [-0.4, -0.2) is 20.7 Å². The normalized spacial score (nSPS) is 19.5. The smallest absolute Gasteiger partial charge is 0.235 e. The zero-order chi connectivity index (χ0) is 11.1. The zero-order valence-electron chi connectivity index (χ0n) is 8.40. The van der Waals surface area contributed by atoms with Crippen molar-refractivity contribution in [3.8, 4) is 0 Å². The van der Waals surface area contributed by atoms with Gasteiger partial charge in [-0.1, -0.05) is 17.7 Å². The molecule has 0 spiro atoms. The second-order valence-electron chi connectivity index (χ2n) is 3.67. The molecule has 1 aliphatic heterocycles. The molecular formula is C10H12ClNO2S. The van der Waals surface area contributed by atoms with Crippen molar-refractivity contribution in [1.82, 2.24) is 0 Å². The van der Waals surface area contributed by atoms with E-state index in [9.17, 15) is 8.42 Å². The Morgan fingerprint density at radius 2 is 2.13 bits per heavy atom. The summed E-state index contributed by atoms with van der Waals surface area (Å²) in [6.45, 7) is 2.45. The summed E-state index contributed by atoms with van der Waals surface area (Å²) in [7, 11) is -3.10. The first-order valence-corrected chi connectivity index (χ1v) is 6.76. The van der Waals surface area contributed by atoms with Crippen LogP contribution in [0.3, 0.4) is 0 Å². The van der Waals surface area contributed by atoms with Crippen LogP contribution in [0.15, 0.2) is 18.2 Å². The van der Waals surface area contributed by atoms with E-state index < -0.39 is 10.0 Å². The number of hydrogen-bond acceptors (Lipinski definition) is 2. The minimum Gasteiger partial charge on any atom is -0.270 e. The molecule has 1 aromatic carbocycles. The van der Waals surface area contributed by atoms with Gasteiger partial charge in [0.05, 0.1) is 11.4 Å². The maximum atomic E-state index is 11.7. The summed E-state index contributed by atoms with van der Waals surface area (Å²) in [6, 6.07) is 5.31. The van der Waals surface area contributed by atoms with Gasteiger partial charge in [-0.05, 0) is 31.0 Å². The molecule has 0 amide bonds. The Balaban J connectivity index is 2.50.